The second-order valence-corrected chi connectivity index (χ2v) is 5.26. The number of halogens is 1. The molecule has 108 valence electrons. The summed E-state index contributed by atoms with van der Waals surface area (Å²) in [5, 5.41) is 8.12. The normalized spacial score (nSPS) is 11.2. The largest absolute Gasteiger partial charge is 0.352 e. The molecule has 0 saturated heterocycles. The number of aromatic nitrogens is 3. The van der Waals surface area contributed by atoms with Gasteiger partial charge in [0, 0.05) is 19.8 Å². The summed E-state index contributed by atoms with van der Waals surface area (Å²) in [4.78, 5) is 16.4. The maximum atomic E-state index is 12.2. The van der Waals surface area contributed by atoms with Gasteiger partial charge in [0.15, 0.2) is 5.65 Å². The molecule has 0 fully saturated rings. The Balaban J connectivity index is 2.20. The van der Waals surface area contributed by atoms with Gasteiger partial charge in [0.1, 0.15) is 0 Å². The van der Waals surface area contributed by atoms with Crippen molar-refractivity contribution in [1.29, 1.82) is 0 Å². The van der Waals surface area contributed by atoms with Gasteiger partial charge in [-0.3, -0.25) is 9.48 Å². The Morgan fingerprint density at radius 2 is 2.10 bits per heavy atom. The third kappa shape index (κ3) is 2.77. The van der Waals surface area contributed by atoms with E-state index in [-0.39, 0.29) is 5.91 Å². The van der Waals surface area contributed by atoms with Crippen LogP contribution in [0.5, 0.6) is 0 Å². The van der Waals surface area contributed by atoms with Gasteiger partial charge in [-0.05, 0) is 5.92 Å². The molecule has 0 radical (unpaired) electrons. The van der Waals surface area contributed by atoms with E-state index in [4.69, 9.17) is 11.6 Å². The van der Waals surface area contributed by atoms with Crippen LogP contribution in [-0.2, 0) is 7.05 Å². The van der Waals surface area contributed by atoms with Crippen LogP contribution in [0, 0.1) is 5.92 Å². The summed E-state index contributed by atoms with van der Waals surface area (Å²) in [6, 6.07) is 0. The molecule has 2 aromatic rings. The molecule has 1 amide bonds. The van der Waals surface area contributed by atoms with Crippen LogP contribution >= 0.6 is 11.6 Å². The maximum absolute atomic E-state index is 12.2. The standard InChI is InChI=1S/C14H19ClN4O/c1-4-9(5-2)6-17-14(20)11-7-16-13-10(12(11)15)8-18-19(13)3/h7-9H,4-6H2,1-3H3,(H,17,20). The summed E-state index contributed by atoms with van der Waals surface area (Å²) in [7, 11) is 1.79. The zero-order valence-electron chi connectivity index (χ0n) is 12.0. The van der Waals surface area contributed by atoms with Gasteiger partial charge in [-0.25, -0.2) is 4.98 Å². The number of fused-ring (bicyclic) bond motifs is 1. The molecule has 0 atom stereocenters. The Kier molecular flexibility index (Phi) is 4.60. The lowest BCUT2D eigenvalue weighted by atomic mass is 10.0. The first kappa shape index (κ1) is 14.8. The Hall–Kier alpha value is -1.62. The van der Waals surface area contributed by atoms with E-state index in [1.807, 2.05) is 0 Å². The molecule has 2 aromatic heterocycles. The van der Waals surface area contributed by atoms with Crippen molar-refractivity contribution >= 4 is 28.5 Å². The average molecular weight is 295 g/mol. The number of hydrogen-bond donors (Lipinski definition) is 1. The van der Waals surface area contributed by atoms with Gasteiger partial charge < -0.3 is 5.32 Å². The van der Waals surface area contributed by atoms with E-state index in [2.05, 4.69) is 29.2 Å². The molecule has 0 spiro atoms. The first-order chi connectivity index (χ1) is 9.58. The van der Waals surface area contributed by atoms with E-state index in [0.717, 1.165) is 12.8 Å². The van der Waals surface area contributed by atoms with Gasteiger partial charge in [0.25, 0.3) is 5.91 Å². The number of hydrogen-bond acceptors (Lipinski definition) is 3. The van der Waals surface area contributed by atoms with Crippen molar-refractivity contribution in [2.24, 2.45) is 13.0 Å². The molecule has 5 nitrogen and oxygen atoms in total. The first-order valence-electron chi connectivity index (χ1n) is 6.82. The van der Waals surface area contributed by atoms with Crippen molar-refractivity contribution in [1.82, 2.24) is 20.1 Å². The highest BCUT2D eigenvalue weighted by atomic mass is 35.5. The summed E-state index contributed by atoms with van der Waals surface area (Å²) in [5.41, 5.74) is 1.07. The summed E-state index contributed by atoms with van der Waals surface area (Å²) in [6.07, 6.45) is 5.23. The fraction of sp³-hybridized carbons (Fsp3) is 0.500. The molecule has 6 heteroatoms. The molecule has 0 aliphatic rings. The molecular weight excluding hydrogens is 276 g/mol. The topological polar surface area (TPSA) is 59.8 Å². The zero-order valence-corrected chi connectivity index (χ0v) is 12.7. The van der Waals surface area contributed by atoms with Gasteiger partial charge in [0.05, 0.1) is 22.2 Å². The van der Waals surface area contributed by atoms with E-state index in [0.29, 0.717) is 34.1 Å². The fourth-order valence-corrected chi connectivity index (χ4v) is 2.40. The van der Waals surface area contributed by atoms with Crippen LogP contribution in [0.4, 0.5) is 0 Å². The number of nitrogens with one attached hydrogen (secondary N) is 1. The van der Waals surface area contributed by atoms with Gasteiger partial charge in [-0.1, -0.05) is 38.3 Å². The number of amides is 1. The quantitative estimate of drug-likeness (QED) is 0.922. The Bertz CT molecular complexity index is 619. The highest BCUT2D eigenvalue weighted by molar-refractivity contribution is 6.38. The highest BCUT2D eigenvalue weighted by Crippen LogP contribution is 2.25. The summed E-state index contributed by atoms with van der Waals surface area (Å²) in [5.74, 6) is 0.313. The molecule has 0 bridgehead atoms. The predicted molar refractivity (Wildman–Crippen MR) is 79.9 cm³/mol. The molecule has 20 heavy (non-hydrogen) atoms. The van der Waals surface area contributed by atoms with Crippen molar-refractivity contribution in [2.45, 2.75) is 26.7 Å². The van der Waals surface area contributed by atoms with Crippen molar-refractivity contribution in [3.8, 4) is 0 Å². The molecule has 1 N–H and O–H groups in total. The van der Waals surface area contributed by atoms with Crippen LogP contribution in [0.2, 0.25) is 5.02 Å². The molecule has 0 saturated carbocycles. The van der Waals surface area contributed by atoms with Crippen molar-refractivity contribution in [2.75, 3.05) is 6.54 Å². The van der Waals surface area contributed by atoms with Gasteiger partial charge in [0.2, 0.25) is 0 Å². The molecule has 0 unspecified atom stereocenters. The van der Waals surface area contributed by atoms with Crippen molar-refractivity contribution in [3.05, 3.63) is 23.0 Å². The lowest BCUT2D eigenvalue weighted by Crippen LogP contribution is -2.29. The number of rotatable bonds is 5. The van der Waals surface area contributed by atoms with Gasteiger partial charge in [-0.15, -0.1) is 0 Å². The average Bonchev–Trinajstić information content (AvgIpc) is 2.83. The summed E-state index contributed by atoms with van der Waals surface area (Å²) < 4.78 is 1.63. The Labute approximate surface area is 123 Å². The summed E-state index contributed by atoms with van der Waals surface area (Å²) >= 11 is 6.28. The van der Waals surface area contributed by atoms with E-state index < -0.39 is 0 Å². The van der Waals surface area contributed by atoms with Crippen molar-refractivity contribution in [3.63, 3.8) is 0 Å². The number of carbonyl (C=O) groups is 1. The highest BCUT2D eigenvalue weighted by Gasteiger charge is 2.16. The molecule has 0 aliphatic carbocycles. The molecule has 2 heterocycles. The van der Waals surface area contributed by atoms with Crippen LogP contribution in [0.25, 0.3) is 11.0 Å². The molecule has 2 rings (SSSR count). The number of carbonyl (C=O) groups excluding carboxylic acids is 1. The van der Waals surface area contributed by atoms with E-state index in [1.54, 1.807) is 17.9 Å². The van der Waals surface area contributed by atoms with Crippen LogP contribution in [0.15, 0.2) is 12.4 Å². The Morgan fingerprint density at radius 3 is 2.75 bits per heavy atom. The molecule has 0 aliphatic heterocycles. The van der Waals surface area contributed by atoms with Crippen LogP contribution < -0.4 is 5.32 Å². The predicted octanol–water partition coefficient (Wildman–Crippen LogP) is 2.79. The van der Waals surface area contributed by atoms with Crippen LogP contribution in [0.3, 0.4) is 0 Å². The Morgan fingerprint density at radius 1 is 1.40 bits per heavy atom. The van der Waals surface area contributed by atoms with E-state index in [1.165, 1.54) is 6.20 Å². The SMILES string of the molecule is CCC(CC)CNC(=O)c1cnc2c(cnn2C)c1Cl. The molecule has 0 aromatic carbocycles. The monoisotopic (exact) mass is 294 g/mol. The minimum atomic E-state index is -0.180. The minimum Gasteiger partial charge on any atom is -0.352 e. The number of pyridine rings is 1. The van der Waals surface area contributed by atoms with Crippen LogP contribution in [-0.4, -0.2) is 27.2 Å². The van der Waals surface area contributed by atoms with E-state index in [9.17, 15) is 4.79 Å². The lowest BCUT2D eigenvalue weighted by molar-refractivity contribution is 0.0946. The second-order valence-electron chi connectivity index (χ2n) is 4.88. The fourth-order valence-electron chi connectivity index (χ4n) is 2.13. The lowest BCUT2D eigenvalue weighted by Gasteiger charge is -2.13. The van der Waals surface area contributed by atoms with Gasteiger partial charge >= 0.3 is 0 Å². The number of nitrogens with zero attached hydrogens (tertiary/aromatic N) is 3. The first-order valence-corrected chi connectivity index (χ1v) is 7.20. The third-order valence-corrected chi connectivity index (χ3v) is 4.05. The number of aryl methyl sites for hydroxylation is 1. The molecular formula is C14H19ClN4O. The summed E-state index contributed by atoms with van der Waals surface area (Å²) in [6.45, 7) is 4.90. The van der Waals surface area contributed by atoms with Crippen molar-refractivity contribution < 1.29 is 4.79 Å². The third-order valence-electron chi connectivity index (χ3n) is 3.65. The maximum Gasteiger partial charge on any atom is 0.254 e. The zero-order chi connectivity index (χ0) is 14.7. The van der Waals surface area contributed by atoms with Crippen LogP contribution in [0.1, 0.15) is 37.0 Å². The van der Waals surface area contributed by atoms with Gasteiger partial charge in [-0.2, -0.15) is 5.10 Å². The minimum absolute atomic E-state index is 0.180. The second kappa shape index (κ2) is 6.22. The smallest absolute Gasteiger partial charge is 0.254 e. The van der Waals surface area contributed by atoms with E-state index >= 15 is 0 Å².